The second kappa shape index (κ2) is 6.23. The molecule has 2 N–H and O–H groups in total. The van der Waals surface area contributed by atoms with Gasteiger partial charge in [0.25, 0.3) is 10.0 Å². The summed E-state index contributed by atoms with van der Waals surface area (Å²) in [5, 5.41) is -0.486. The predicted octanol–water partition coefficient (Wildman–Crippen LogP) is 1.50. The first-order chi connectivity index (χ1) is 10.6. The smallest absolute Gasteiger partial charge is 0.339 e. The zero-order valence-electron chi connectivity index (χ0n) is 12.5. The third-order valence-electron chi connectivity index (χ3n) is 2.82. The summed E-state index contributed by atoms with van der Waals surface area (Å²) in [7, 11) is -2.83. The highest BCUT2D eigenvalue weighted by Crippen LogP contribution is 2.45. The molecule has 14 heteroatoms. The van der Waals surface area contributed by atoms with Gasteiger partial charge in [-0.05, 0) is 13.8 Å². The van der Waals surface area contributed by atoms with Crippen molar-refractivity contribution in [2.24, 2.45) is 12.0 Å². The molecule has 24 heavy (non-hydrogen) atoms. The van der Waals surface area contributed by atoms with E-state index in [2.05, 4.69) is 9.98 Å². The van der Waals surface area contributed by atoms with E-state index in [9.17, 15) is 34.8 Å². The highest BCUT2D eigenvalue weighted by atomic mass is 32.2. The Morgan fingerprint density at radius 3 is 2.08 bits per heavy atom. The Balaban J connectivity index is 3.01. The van der Waals surface area contributed by atoms with E-state index >= 15 is 0 Å². The summed E-state index contributed by atoms with van der Waals surface area (Å²) in [5.41, 5.74) is -2.70. The van der Waals surface area contributed by atoms with Crippen molar-refractivity contribution in [1.82, 2.24) is 19.8 Å². The van der Waals surface area contributed by atoms with Crippen LogP contribution in [0.1, 0.15) is 13.8 Å². The lowest BCUT2D eigenvalue weighted by Gasteiger charge is -2.30. The molecule has 0 spiro atoms. The number of nitrogens with zero attached hydrogens (tertiary/aromatic N) is 3. The van der Waals surface area contributed by atoms with E-state index in [0.29, 0.717) is 0 Å². The number of aromatic nitrogens is 2. The van der Waals surface area contributed by atoms with Crippen molar-refractivity contribution in [2.75, 3.05) is 0 Å². The lowest BCUT2D eigenvalue weighted by Crippen LogP contribution is -2.54. The van der Waals surface area contributed by atoms with Gasteiger partial charge < -0.3 is 4.57 Å². The minimum absolute atomic E-state index is 0.161. The zero-order chi connectivity index (χ0) is 19.0. The minimum atomic E-state index is -5.73. The van der Waals surface area contributed by atoms with Crippen LogP contribution in [-0.4, -0.2) is 41.7 Å². The van der Waals surface area contributed by atoms with E-state index < -0.39 is 38.8 Å². The number of aliphatic imine (C=N–C) groups is 1. The van der Waals surface area contributed by atoms with Crippen molar-refractivity contribution in [3.8, 4) is 0 Å². The maximum Gasteiger partial charge on any atom is 0.422 e. The third kappa shape index (κ3) is 4.17. The van der Waals surface area contributed by atoms with Crippen LogP contribution in [0.4, 0.5) is 26.3 Å². The molecule has 1 aromatic rings. The van der Waals surface area contributed by atoms with Crippen molar-refractivity contribution < 1.29 is 34.8 Å². The molecule has 0 radical (unpaired) electrons. The van der Waals surface area contributed by atoms with Crippen molar-refractivity contribution in [1.29, 1.82) is 0 Å². The highest BCUT2D eigenvalue weighted by Gasteiger charge is 2.68. The van der Waals surface area contributed by atoms with Crippen LogP contribution in [0.5, 0.6) is 0 Å². The molecule has 0 fully saturated rings. The van der Waals surface area contributed by atoms with Gasteiger partial charge in [0.2, 0.25) is 5.54 Å². The molecule has 0 unspecified atom stereocenters. The monoisotopic (exact) mass is 381 g/mol. The van der Waals surface area contributed by atoms with Crippen LogP contribution < -0.4 is 10.3 Å². The summed E-state index contributed by atoms with van der Waals surface area (Å²) in [4.78, 5) is 7.64. The van der Waals surface area contributed by atoms with E-state index in [1.807, 2.05) is 0 Å². The summed E-state index contributed by atoms with van der Waals surface area (Å²) in [6.45, 7) is 0.585. The average Bonchev–Trinajstić information content (AvgIpc) is 2.81. The van der Waals surface area contributed by atoms with E-state index in [1.165, 1.54) is 11.6 Å². The van der Waals surface area contributed by atoms with Crippen LogP contribution in [0.25, 0.3) is 0 Å². The van der Waals surface area contributed by atoms with Crippen LogP contribution in [-0.2, 0) is 17.1 Å². The molecule has 0 amide bonds. The second-order valence-corrected chi connectivity index (χ2v) is 6.50. The maximum absolute atomic E-state index is 12.7. The predicted molar refractivity (Wildman–Crippen MR) is 70.3 cm³/mol. The lowest BCUT2D eigenvalue weighted by molar-refractivity contribution is -0.289. The summed E-state index contributed by atoms with van der Waals surface area (Å²) in [6, 6.07) is 0. The molecule has 0 aliphatic rings. The molecule has 0 saturated carbocycles. The van der Waals surface area contributed by atoms with Crippen LogP contribution in [0.3, 0.4) is 0 Å². The fraction of sp³-hybridized carbons (Fsp3) is 0.600. The van der Waals surface area contributed by atoms with Gasteiger partial charge in [0.15, 0.2) is 5.03 Å². The van der Waals surface area contributed by atoms with Gasteiger partial charge in [-0.2, -0.15) is 26.3 Å². The van der Waals surface area contributed by atoms with E-state index in [1.54, 1.807) is 10.3 Å². The Morgan fingerprint density at radius 1 is 1.21 bits per heavy atom. The minimum Gasteiger partial charge on any atom is -0.339 e. The summed E-state index contributed by atoms with van der Waals surface area (Å²) < 4.78 is 101. The van der Waals surface area contributed by atoms with E-state index in [0.717, 1.165) is 19.4 Å². The number of imidazole rings is 1. The van der Waals surface area contributed by atoms with Crippen LogP contribution >= 0.6 is 0 Å². The van der Waals surface area contributed by atoms with Gasteiger partial charge >= 0.3 is 12.4 Å². The second-order valence-electron chi connectivity index (χ2n) is 4.87. The van der Waals surface area contributed by atoms with Gasteiger partial charge in [-0.25, -0.2) is 18.4 Å². The third-order valence-corrected chi connectivity index (χ3v) is 3.95. The Bertz CT molecular complexity index is 707. The summed E-state index contributed by atoms with van der Waals surface area (Å²) in [5.74, 6) is -0.938. The number of hydrogen-bond donors (Lipinski definition) is 2. The van der Waals surface area contributed by atoms with Gasteiger partial charge in [0.1, 0.15) is 5.84 Å². The fourth-order valence-corrected chi connectivity index (χ4v) is 2.25. The number of hydrazine groups is 1. The molecule has 0 atom stereocenters. The summed E-state index contributed by atoms with van der Waals surface area (Å²) in [6.07, 6.45) is -9.24. The normalized spacial score (nSPS) is 14.8. The topological polar surface area (TPSA) is 88.4 Å². The quantitative estimate of drug-likeness (QED) is 0.358. The Morgan fingerprint density at radius 2 is 1.71 bits per heavy atom. The molecule has 0 aliphatic carbocycles. The molecule has 7 nitrogen and oxygen atoms in total. The van der Waals surface area contributed by atoms with E-state index in [4.69, 9.17) is 0 Å². The molecular formula is C10H13F6N5O2S. The highest BCUT2D eigenvalue weighted by molar-refractivity contribution is 7.89. The molecular weight excluding hydrogens is 368 g/mol. The lowest BCUT2D eigenvalue weighted by atomic mass is 10.0. The van der Waals surface area contributed by atoms with Crippen molar-refractivity contribution in [3.05, 3.63) is 12.5 Å². The zero-order valence-corrected chi connectivity index (χ0v) is 13.3. The molecule has 1 heterocycles. The summed E-state index contributed by atoms with van der Waals surface area (Å²) >= 11 is 0. The number of rotatable bonds is 4. The standard InChI is InChI=1S/C10H13F6N5O2S/c1-6(18-8(2,9(11,12)13)10(14,15)16)19-20-24(22,23)7-4-21(3)5-17-7/h4-5,20H,1-3H3,(H,18,19). The maximum atomic E-state index is 12.7. The molecule has 1 rings (SSSR count). The SMILES string of the molecule is CC(=NC(C)(C(F)(F)F)C(F)(F)F)NNS(=O)(=O)c1cn(C)cn1. The molecule has 0 aliphatic heterocycles. The first-order valence-corrected chi connectivity index (χ1v) is 7.54. The average molecular weight is 381 g/mol. The number of hydrogen-bond acceptors (Lipinski definition) is 4. The number of sulfonamides is 1. The Hall–Kier alpha value is -1.83. The van der Waals surface area contributed by atoms with Crippen molar-refractivity contribution >= 4 is 15.9 Å². The van der Waals surface area contributed by atoms with Gasteiger partial charge in [-0.15, -0.1) is 4.83 Å². The van der Waals surface area contributed by atoms with Gasteiger partial charge in [-0.3, -0.25) is 5.43 Å². The van der Waals surface area contributed by atoms with Crippen LogP contribution in [0.2, 0.25) is 0 Å². The van der Waals surface area contributed by atoms with E-state index in [-0.39, 0.29) is 6.92 Å². The number of amidine groups is 1. The first kappa shape index (κ1) is 20.2. The van der Waals surface area contributed by atoms with Crippen LogP contribution in [0, 0.1) is 0 Å². The fourth-order valence-electron chi connectivity index (χ4n) is 1.37. The van der Waals surface area contributed by atoms with Gasteiger partial charge in [-0.1, -0.05) is 0 Å². The largest absolute Gasteiger partial charge is 0.422 e. The molecule has 138 valence electrons. The molecule has 0 saturated heterocycles. The van der Waals surface area contributed by atoms with Gasteiger partial charge in [0.05, 0.1) is 6.33 Å². The number of aryl methyl sites for hydroxylation is 1. The Labute approximate surface area is 132 Å². The molecule has 0 aromatic carbocycles. The number of halogens is 6. The Kier molecular flexibility index (Phi) is 5.25. The molecule has 1 aromatic heterocycles. The number of alkyl halides is 6. The van der Waals surface area contributed by atoms with Crippen molar-refractivity contribution in [3.63, 3.8) is 0 Å². The molecule has 0 bridgehead atoms. The number of nitrogens with one attached hydrogen (secondary N) is 2. The van der Waals surface area contributed by atoms with Crippen molar-refractivity contribution in [2.45, 2.75) is 36.8 Å². The van der Waals surface area contributed by atoms with Gasteiger partial charge in [0, 0.05) is 13.2 Å². The first-order valence-electron chi connectivity index (χ1n) is 6.06. The van der Waals surface area contributed by atoms with Crippen LogP contribution in [0.15, 0.2) is 22.5 Å².